The fourth-order valence-corrected chi connectivity index (χ4v) is 2.73. The second-order valence-corrected chi connectivity index (χ2v) is 4.85. The van der Waals surface area contributed by atoms with Crippen LogP contribution in [0.5, 0.6) is 0 Å². The average Bonchev–Trinajstić information content (AvgIpc) is 2.93. The van der Waals surface area contributed by atoms with Crippen molar-refractivity contribution in [2.24, 2.45) is 0 Å². The van der Waals surface area contributed by atoms with Crippen LogP contribution in [0.1, 0.15) is 36.5 Å². The molecule has 1 aliphatic heterocycles. The van der Waals surface area contributed by atoms with Gasteiger partial charge in [0, 0.05) is 18.7 Å². The van der Waals surface area contributed by atoms with Crippen LogP contribution in [0.15, 0.2) is 18.2 Å². The quantitative estimate of drug-likeness (QED) is 0.481. The largest absolute Gasteiger partial charge is 0.465 e. The number of methoxy groups -OCH3 is 1. The first-order valence-corrected chi connectivity index (χ1v) is 6.71. The molecule has 1 aromatic carbocycles. The number of esters is 1. The minimum Gasteiger partial charge on any atom is -0.465 e. The summed E-state index contributed by atoms with van der Waals surface area (Å²) < 4.78 is 4.68. The van der Waals surface area contributed by atoms with Gasteiger partial charge in [-0.15, -0.1) is 0 Å². The summed E-state index contributed by atoms with van der Waals surface area (Å²) >= 11 is 0. The van der Waals surface area contributed by atoms with Crippen molar-refractivity contribution in [3.8, 4) is 0 Å². The molecule has 1 atom stereocenters. The number of rotatable bonds is 4. The van der Waals surface area contributed by atoms with Crippen LogP contribution in [0, 0.1) is 10.1 Å². The number of benzene rings is 1. The zero-order chi connectivity index (χ0) is 14.7. The Morgan fingerprint density at radius 2 is 2.30 bits per heavy atom. The lowest BCUT2D eigenvalue weighted by molar-refractivity contribution is -0.384. The molecule has 0 bridgehead atoms. The van der Waals surface area contributed by atoms with Crippen LogP contribution < -0.4 is 4.90 Å². The molecular formula is C14H18N2O4. The Balaban J connectivity index is 2.46. The highest BCUT2D eigenvalue weighted by Gasteiger charge is 2.29. The number of nitro groups is 1. The van der Waals surface area contributed by atoms with Gasteiger partial charge in [-0.05, 0) is 31.4 Å². The van der Waals surface area contributed by atoms with Crippen LogP contribution in [0.4, 0.5) is 11.4 Å². The summed E-state index contributed by atoms with van der Waals surface area (Å²) in [6.45, 7) is 2.85. The van der Waals surface area contributed by atoms with Crippen molar-refractivity contribution in [3.05, 3.63) is 33.9 Å². The number of nitrogens with zero attached hydrogens (tertiary/aromatic N) is 2. The second kappa shape index (κ2) is 5.90. The van der Waals surface area contributed by atoms with Gasteiger partial charge in [0.1, 0.15) is 5.69 Å². The molecule has 0 radical (unpaired) electrons. The lowest BCUT2D eigenvalue weighted by Gasteiger charge is -2.25. The standard InChI is InChI=1S/C14H18N2O4/c1-3-11-5-4-8-15(11)13-9-10(14(17)20-2)6-7-12(13)16(18)19/h6-7,9,11H,3-5,8H2,1-2H3. The fraction of sp³-hybridized carbons (Fsp3) is 0.500. The molecule has 1 aliphatic rings. The van der Waals surface area contributed by atoms with Crippen molar-refractivity contribution in [2.45, 2.75) is 32.2 Å². The summed E-state index contributed by atoms with van der Waals surface area (Å²) in [5.74, 6) is -0.478. The zero-order valence-corrected chi connectivity index (χ0v) is 11.7. The van der Waals surface area contributed by atoms with Crippen LogP contribution in [0.2, 0.25) is 0 Å². The summed E-state index contributed by atoms with van der Waals surface area (Å²) in [6, 6.07) is 4.68. The molecule has 6 heteroatoms. The van der Waals surface area contributed by atoms with Crippen molar-refractivity contribution < 1.29 is 14.5 Å². The van der Waals surface area contributed by atoms with Crippen molar-refractivity contribution in [1.29, 1.82) is 0 Å². The average molecular weight is 278 g/mol. The Morgan fingerprint density at radius 3 is 2.90 bits per heavy atom. The van der Waals surface area contributed by atoms with E-state index >= 15 is 0 Å². The van der Waals surface area contributed by atoms with Crippen molar-refractivity contribution in [3.63, 3.8) is 0 Å². The van der Waals surface area contributed by atoms with E-state index in [1.54, 1.807) is 6.07 Å². The Bertz CT molecular complexity index is 530. The van der Waals surface area contributed by atoms with Crippen molar-refractivity contribution in [2.75, 3.05) is 18.6 Å². The van der Waals surface area contributed by atoms with E-state index in [1.165, 1.54) is 19.2 Å². The maximum absolute atomic E-state index is 11.6. The molecule has 1 unspecified atom stereocenters. The third-order valence-corrected chi connectivity index (χ3v) is 3.75. The van der Waals surface area contributed by atoms with Gasteiger partial charge in [-0.25, -0.2) is 4.79 Å². The molecule has 0 saturated carbocycles. The van der Waals surface area contributed by atoms with Gasteiger partial charge in [-0.2, -0.15) is 0 Å². The lowest BCUT2D eigenvalue weighted by atomic mass is 10.1. The van der Waals surface area contributed by atoms with E-state index in [4.69, 9.17) is 0 Å². The third-order valence-electron chi connectivity index (χ3n) is 3.75. The molecule has 20 heavy (non-hydrogen) atoms. The topological polar surface area (TPSA) is 72.7 Å². The van der Waals surface area contributed by atoms with Crippen LogP contribution in [-0.2, 0) is 4.74 Å². The maximum Gasteiger partial charge on any atom is 0.337 e. The predicted octanol–water partition coefficient (Wildman–Crippen LogP) is 2.76. The van der Waals surface area contributed by atoms with Gasteiger partial charge in [0.05, 0.1) is 17.6 Å². The number of anilines is 1. The first-order valence-electron chi connectivity index (χ1n) is 6.71. The number of carbonyl (C=O) groups is 1. The van der Waals surface area contributed by atoms with Gasteiger partial charge in [-0.3, -0.25) is 10.1 Å². The van der Waals surface area contributed by atoms with E-state index in [-0.39, 0.29) is 5.69 Å². The molecule has 1 saturated heterocycles. The van der Waals surface area contributed by atoms with E-state index < -0.39 is 10.9 Å². The summed E-state index contributed by atoms with van der Waals surface area (Å²) in [5.41, 5.74) is 0.898. The number of carbonyl (C=O) groups excluding carboxylic acids is 1. The fourth-order valence-electron chi connectivity index (χ4n) is 2.73. The van der Waals surface area contributed by atoms with E-state index in [0.717, 1.165) is 25.8 Å². The van der Waals surface area contributed by atoms with Crippen molar-refractivity contribution in [1.82, 2.24) is 0 Å². The Kier molecular flexibility index (Phi) is 4.22. The van der Waals surface area contributed by atoms with Gasteiger partial charge in [0.15, 0.2) is 0 Å². The van der Waals surface area contributed by atoms with Crippen LogP contribution >= 0.6 is 0 Å². The smallest absolute Gasteiger partial charge is 0.337 e. The van der Waals surface area contributed by atoms with Gasteiger partial charge in [0.2, 0.25) is 0 Å². The highest BCUT2D eigenvalue weighted by molar-refractivity contribution is 5.91. The molecule has 0 amide bonds. The number of ether oxygens (including phenoxy) is 1. The maximum atomic E-state index is 11.6. The molecule has 0 aliphatic carbocycles. The van der Waals surface area contributed by atoms with Gasteiger partial charge < -0.3 is 9.64 Å². The van der Waals surface area contributed by atoms with E-state index in [9.17, 15) is 14.9 Å². The van der Waals surface area contributed by atoms with E-state index in [2.05, 4.69) is 11.7 Å². The van der Waals surface area contributed by atoms with Crippen LogP contribution in [0.3, 0.4) is 0 Å². The molecule has 2 rings (SSSR count). The molecule has 1 heterocycles. The normalized spacial score (nSPS) is 18.1. The minimum absolute atomic E-state index is 0.0398. The number of nitro benzene ring substituents is 1. The van der Waals surface area contributed by atoms with E-state index in [1.807, 2.05) is 4.90 Å². The molecule has 1 aromatic rings. The molecular weight excluding hydrogens is 260 g/mol. The Labute approximate surface area is 117 Å². The second-order valence-electron chi connectivity index (χ2n) is 4.85. The SMILES string of the molecule is CCC1CCCN1c1cc(C(=O)OC)ccc1[N+](=O)[O-]. The van der Waals surface area contributed by atoms with Gasteiger partial charge in [-0.1, -0.05) is 6.92 Å². The first-order chi connectivity index (χ1) is 9.58. The molecule has 0 aromatic heterocycles. The van der Waals surface area contributed by atoms with Gasteiger partial charge >= 0.3 is 5.97 Å². The predicted molar refractivity (Wildman–Crippen MR) is 75.1 cm³/mol. The highest BCUT2D eigenvalue weighted by Crippen LogP contribution is 2.35. The van der Waals surface area contributed by atoms with E-state index in [0.29, 0.717) is 17.3 Å². The summed E-state index contributed by atoms with van der Waals surface area (Å²) in [5, 5.41) is 11.2. The Morgan fingerprint density at radius 1 is 1.55 bits per heavy atom. The summed E-state index contributed by atoms with van der Waals surface area (Å²) in [7, 11) is 1.30. The zero-order valence-electron chi connectivity index (χ0n) is 11.7. The monoisotopic (exact) mass is 278 g/mol. The molecule has 1 fully saturated rings. The lowest BCUT2D eigenvalue weighted by Crippen LogP contribution is -2.29. The molecule has 0 N–H and O–H groups in total. The summed E-state index contributed by atoms with van der Waals surface area (Å²) in [6.07, 6.45) is 2.97. The first kappa shape index (κ1) is 14.3. The number of hydrogen-bond acceptors (Lipinski definition) is 5. The number of hydrogen-bond donors (Lipinski definition) is 0. The minimum atomic E-state index is -0.478. The third kappa shape index (κ3) is 2.59. The molecule has 0 spiro atoms. The summed E-state index contributed by atoms with van der Waals surface area (Å²) in [4.78, 5) is 24.4. The molecule has 108 valence electrons. The van der Waals surface area contributed by atoms with Crippen molar-refractivity contribution >= 4 is 17.3 Å². The van der Waals surface area contributed by atoms with Crippen LogP contribution in [-0.4, -0.2) is 30.6 Å². The molecule has 6 nitrogen and oxygen atoms in total. The highest BCUT2D eigenvalue weighted by atomic mass is 16.6. The Hall–Kier alpha value is -2.11. The van der Waals surface area contributed by atoms with Gasteiger partial charge in [0.25, 0.3) is 5.69 Å². The van der Waals surface area contributed by atoms with Crippen LogP contribution in [0.25, 0.3) is 0 Å².